The molecule has 0 atom stereocenters. The monoisotopic (exact) mass is 396 g/mol. The van der Waals surface area contributed by atoms with Crippen LogP contribution in [0.5, 0.6) is 0 Å². The lowest BCUT2D eigenvalue weighted by Crippen LogP contribution is -2.13. The second-order valence-electron chi connectivity index (χ2n) is 8.09. The van der Waals surface area contributed by atoms with E-state index >= 15 is 0 Å². The summed E-state index contributed by atoms with van der Waals surface area (Å²) in [5.74, 6) is 1.42. The number of hydrogen-bond donors (Lipinski definition) is 0. The summed E-state index contributed by atoms with van der Waals surface area (Å²) in [5.41, 5.74) is 2.02. The van der Waals surface area contributed by atoms with Gasteiger partial charge < -0.3 is 0 Å². The zero-order chi connectivity index (χ0) is 20.8. The van der Waals surface area contributed by atoms with Gasteiger partial charge >= 0.3 is 0 Å². The summed E-state index contributed by atoms with van der Waals surface area (Å²) < 4.78 is 0. The van der Waals surface area contributed by atoms with Crippen molar-refractivity contribution in [3.8, 4) is 11.1 Å². The molecule has 0 N–H and O–H groups in total. The maximum atomic E-state index is 11.1. The quantitative estimate of drug-likeness (QED) is 0.272. The summed E-state index contributed by atoms with van der Waals surface area (Å²) in [4.78, 5) is 21.0. The van der Waals surface area contributed by atoms with E-state index in [0.29, 0.717) is 11.5 Å². The van der Waals surface area contributed by atoms with Crippen LogP contribution in [0, 0.1) is 26.1 Å². The average Bonchev–Trinajstić information content (AvgIpc) is 2.74. The standard InChI is InChI=1S/C23H28N2O4/c1-2-3-4-5-17-6-8-18(9-7-17)19-10-12-20(13-11-19)21-14-22(24(26)27)16-23(15-21)25(28)29/h10-18H,2-9H2,1H3. The van der Waals surface area contributed by atoms with E-state index in [1.165, 1.54) is 69.1 Å². The predicted molar refractivity (Wildman–Crippen MR) is 114 cm³/mol. The minimum absolute atomic E-state index is 0.264. The predicted octanol–water partition coefficient (Wildman–Crippen LogP) is 7.02. The summed E-state index contributed by atoms with van der Waals surface area (Å²) in [7, 11) is 0. The minimum atomic E-state index is -0.593. The molecular weight excluding hydrogens is 368 g/mol. The van der Waals surface area contributed by atoms with Gasteiger partial charge in [0.05, 0.1) is 15.9 Å². The number of benzene rings is 2. The van der Waals surface area contributed by atoms with E-state index in [9.17, 15) is 20.2 Å². The van der Waals surface area contributed by atoms with Crippen LogP contribution in [-0.2, 0) is 0 Å². The highest BCUT2D eigenvalue weighted by molar-refractivity contribution is 5.70. The minimum Gasteiger partial charge on any atom is -0.258 e. The lowest BCUT2D eigenvalue weighted by Gasteiger charge is -2.29. The normalized spacial score (nSPS) is 19.1. The fourth-order valence-electron chi connectivity index (χ4n) is 4.39. The number of nitrogens with zero attached hydrogens (tertiary/aromatic N) is 2. The topological polar surface area (TPSA) is 86.3 Å². The van der Waals surface area contributed by atoms with Crippen molar-refractivity contribution in [2.24, 2.45) is 5.92 Å². The summed E-state index contributed by atoms with van der Waals surface area (Å²) in [5, 5.41) is 22.2. The number of nitro benzene ring substituents is 2. The molecule has 0 aromatic heterocycles. The van der Waals surface area contributed by atoms with Crippen LogP contribution < -0.4 is 0 Å². The Bertz CT molecular complexity index is 823. The first-order valence-corrected chi connectivity index (χ1v) is 10.5. The molecule has 0 spiro atoms. The highest BCUT2D eigenvalue weighted by Crippen LogP contribution is 2.38. The van der Waals surface area contributed by atoms with Crippen molar-refractivity contribution in [3.05, 3.63) is 68.3 Å². The maximum absolute atomic E-state index is 11.1. The van der Waals surface area contributed by atoms with Gasteiger partial charge in [0.1, 0.15) is 0 Å². The Morgan fingerprint density at radius 1 is 0.828 bits per heavy atom. The first-order valence-electron chi connectivity index (χ1n) is 10.5. The molecule has 0 bridgehead atoms. The molecule has 3 rings (SSSR count). The molecule has 2 aromatic carbocycles. The SMILES string of the molecule is CCCCCC1CCC(c2ccc(-c3cc([N+](=O)[O-])cc([N+](=O)[O-])c3)cc2)CC1. The Morgan fingerprint density at radius 3 is 1.93 bits per heavy atom. The molecule has 2 aromatic rings. The van der Waals surface area contributed by atoms with E-state index < -0.39 is 9.85 Å². The first-order chi connectivity index (χ1) is 14.0. The van der Waals surface area contributed by atoms with Gasteiger partial charge in [0.15, 0.2) is 0 Å². The number of non-ortho nitro benzene ring substituents is 2. The second-order valence-corrected chi connectivity index (χ2v) is 8.09. The van der Waals surface area contributed by atoms with Crippen LogP contribution in [0.25, 0.3) is 11.1 Å². The van der Waals surface area contributed by atoms with Gasteiger partial charge in [-0.25, -0.2) is 0 Å². The van der Waals surface area contributed by atoms with Gasteiger partial charge in [0.25, 0.3) is 11.4 Å². The van der Waals surface area contributed by atoms with Gasteiger partial charge in [-0.1, -0.05) is 56.9 Å². The fourth-order valence-corrected chi connectivity index (χ4v) is 4.39. The zero-order valence-corrected chi connectivity index (χ0v) is 16.9. The van der Waals surface area contributed by atoms with Crippen LogP contribution in [0.3, 0.4) is 0 Å². The van der Waals surface area contributed by atoms with Crippen molar-refractivity contribution in [1.82, 2.24) is 0 Å². The smallest absolute Gasteiger partial charge is 0.258 e. The Morgan fingerprint density at radius 2 is 1.41 bits per heavy atom. The van der Waals surface area contributed by atoms with Crippen LogP contribution in [0.1, 0.15) is 69.8 Å². The lowest BCUT2D eigenvalue weighted by molar-refractivity contribution is -0.394. The molecular formula is C23H28N2O4. The van der Waals surface area contributed by atoms with E-state index in [-0.39, 0.29) is 11.4 Å². The molecule has 0 heterocycles. The Labute approximate surface area is 171 Å². The van der Waals surface area contributed by atoms with Crippen molar-refractivity contribution >= 4 is 11.4 Å². The van der Waals surface area contributed by atoms with Crippen molar-refractivity contribution in [2.45, 2.75) is 64.2 Å². The van der Waals surface area contributed by atoms with E-state index in [1.807, 2.05) is 12.1 Å². The molecule has 0 radical (unpaired) electrons. The zero-order valence-electron chi connectivity index (χ0n) is 16.9. The van der Waals surface area contributed by atoms with Crippen LogP contribution in [0.2, 0.25) is 0 Å². The van der Waals surface area contributed by atoms with E-state index in [4.69, 9.17) is 0 Å². The molecule has 0 aliphatic heterocycles. The molecule has 0 unspecified atom stereocenters. The maximum Gasteiger partial charge on any atom is 0.276 e. The molecule has 0 saturated heterocycles. The number of rotatable bonds is 8. The lowest BCUT2D eigenvalue weighted by atomic mass is 9.77. The molecule has 1 fully saturated rings. The van der Waals surface area contributed by atoms with Gasteiger partial charge in [0, 0.05) is 12.1 Å². The van der Waals surface area contributed by atoms with Gasteiger partial charge in [-0.3, -0.25) is 20.2 Å². The Balaban J connectivity index is 1.70. The van der Waals surface area contributed by atoms with Gasteiger partial charge in [-0.2, -0.15) is 0 Å². The number of unbranched alkanes of at least 4 members (excludes halogenated alkanes) is 2. The molecule has 1 saturated carbocycles. The summed E-state index contributed by atoms with van der Waals surface area (Å²) >= 11 is 0. The number of nitro groups is 2. The van der Waals surface area contributed by atoms with Crippen molar-refractivity contribution in [2.75, 3.05) is 0 Å². The van der Waals surface area contributed by atoms with Crippen LogP contribution in [0.15, 0.2) is 42.5 Å². The van der Waals surface area contributed by atoms with Gasteiger partial charge in [0.2, 0.25) is 0 Å². The molecule has 6 heteroatoms. The fraction of sp³-hybridized carbons (Fsp3) is 0.478. The summed E-state index contributed by atoms with van der Waals surface area (Å²) in [6.45, 7) is 2.24. The molecule has 0 amide bonds. The molecule has 154 valence electrons. The summed E-state index contributed by atoms with van der Waals surface area (Å²) in [6.07, 6.45) is 10.3. The molecule has 1 aliphatic carbocycles. The molecule has 29 heavy (non-hydrogen) atoms. The van der Waals surface area contributed by atoms with Crippen molar-refractivity contribution < 1.29 is 9.85 Å². The third-order valence-corrected chi connectivity index (χ3v) is 6.10. The van der Waals surface area contributed by atoms with E-state index in [0.717, 1.165) is 17.5 Å². The van der Waals surface area contributed by atoms with Crippen molar-refractivity contribution in [3.63, 3.8) is 0 Å². The largest absolute Gasteiger partial charge is 0.276 e. The summed E-state index contributed by atoms with van der Waals surface area (Å²) in [6, 6.07) is 11.8. The second kappa shape index (κ2) is 9.63. The first kappa shape index (κ1) is 21.0. The number of hydrogen-bond acceptors (Lipinski definition) is 4. The van der Waals surface area contributed by atoms with Gasteiger partial charge in [-0.05, 0) is 54.2 Å². The highest BCUT2D eigenvalue weighted by Gasteiger charge is 2.22. The van der Waals surface area contributed by atoms with E-state index in [2.05, 4.69) is 19.1 Å². The third kappa shape index (κ3) is 5.40. The van der Waals surface area contributed by atoms with Crippen molar-refractivity contribution in [1.29, 1.82) is 0 Å². The van der Waals surface area contributed by atoms with Crippen LogP contribution in [0.4, 0.5) is 11.4 Å². The average molecular weight is 396 g/mol. The van der Waals surface area contributed by atoms with Gasteiger partial charge in [-0.15, -0.1) is 0 Å². The van der Waals surface area contributed by atoms with Crippen LogP contribution >= 0.6 is 0 Å². The van der Waals surface area contributed by atoms with E-state index in [1.54, 1.807) is 0 Å². The Kier molecular flexibility index (Phi) is 6.96. The highest BCUT2D eigenvalue weighted by atomic mass is 16.6. The third-order valence-electron chi connectivity index (χ3n) is 6.10. The Hall–Kier alpha value is -2.76. The van der Waals surface area contributed by atoms with Crippen LogP contribution in [-0.4, -0.2) is 9.85 Å². The molecule has 1 aliphatic rings. The molecule has 6 nitrogen and oxygen atoms in total.